The molecule has 0 saturated carbocycles. The van der Waals surface area contributed by atoms with Crippen LogP contribution in [0.15, 0.2) is 11.8 Å². The minimum atomic E-state index is 0.0912. The summed E-state index contributed by atoms with van der Waals surface area (Å²) in [6.45, 7) is 6.29. The van der Waals surface area contributed by atoms with E-state index in [-0.39, 0.29) is 5.78 Å². The second kappa shape index (κ2) is 4.13. The highest BCUT2D eigenvalue weighted by Crippen LogP contribution is 1.84. The van der Waals surface area contributed by atoms with E-state index in [0.29, 0.717) is 0 Å². The fraction of sp³-hybridized carbons (Fsp3) is 0.571. The number of allylic oxidation sites excluding steroid dienone is 2. The molecule has 9 heavy (non-hydrogen) atoms. The lowest BCUT2D eigenvalue weighted by atomic mass is 10.3. The number of rotatable bonds is 3. The molecule has 0 aromatic rings. The molecule has 2 nitrogen and oxygen atoms in total. The highest BCUT2D eigenvalue weighted by atomic mass is 16.1. The Morgan fingerprint density at radius 3 is 2.44 bits per heavy atom. The first-order chi connectivity index (χ1) is 4.16. The Morgan fingerprint density at radius 2 is 2.11 bits per heavy atom. The fourth-order valence-electron chi connectivity index (χ4n) is 0.635. The molecule has 0 saturated heterocycles. The number of nitrogens with one attached hydrogen (secondary N) is 1. The van der Waals surface area contributed by atoms with Crippen molar-refractivity contribution in [1.29, 1.82) is 0 Å². The van der Waals surface area contributed by atoms with E-state index in [0.717, 1.165) is 12.2 Å². The smallest absolute Gasteiger partial charge is 0.154 e. The van der Waals surface area contributed by atoms with Gasteiger partial charge in [-0.3, -0.25) is 4.79 Å². The summed E-state index contributed by atoms with van der Waals surface area (Å²) < 4.78 is 0. The third-order valence-corrected chi connectivity index (χ3v) is 0.875. The highest BCUT2D eigenvalue weighted by molar-refractivity contribution is 5.87. The van der Waals surface area contributed by atoms with Crippen molar-refractivity contribution in [2.45, 2.75) is 20.8 Å². The van der Waals surface area contributed by atoms with Gasteiger partial charge >= 0.3 is 0 Å². The van der Waals surface area contributed by atoms with E-state index >= 15 is 0 Å². The van der Waals surface area contributed by atoms with Crippen molar-refractivity contribution in [2.24, 2.45) is 0 Å². The van der Waals surface area contributed by atoms with Gasteiger partial charge in [-0.25, -0.2) is 0 Å². The Morgan fingerprint density at radius 1 is 1.56 bits per heavy atom. The Hall–Kier alpha value is -0.790. The van der Waals surface area contributed by atoms with Gasteiger partial charge in [-0.1, -0.05) is 0 Å². The number of carbonyl (C=O) groups excluding carboxylic acids is 1. The summed E-state index contributed by atoms with van der Waals surface area (Å²) in [4.78, 5) is 10.4. The molecule has 0 heterocycles. The van der Waals surface area contributed by atoms with Gasteiger partial charge in [-0.05, 0) is 26.8 Å². The van der Waals surface area contributed by atoms with Gasteiger partial charge in [0.1, 0.15) is 0 Å². The zero-order valence-corrected chi connectivity index (χ0v) is 6.19. The van der Waals surface area contributed by atoms with Crippen molar-refractivity contribution < 1.29 is 4.79 Å². The quantitative estimate of drug-likeness (QED) is 0.575. The molecule has 0 rings (SSSR count). The van der Waals surface area contributed by atoms with Crippen molar-refractivity contribution in [3.8, 4) is 0 Å². The van der Waals surface area contributed by atoms with Crippen molar-refractivity contribution in [2.75, 3.05) is 6.54 Å². The fourth-order valence-corrected chi connectivity index (χ4v) is 0.635. The first kappa shape index (κ1) is 8.21. The summed E-state index contributed by atoms with van der Waals surface area (Å²) in [5.41, 5.74) is 0.935. The summed E-state index contributed by atoms with van der Waals surface area (Å²) in [7, 11) is 0. The molecule has 2 heteroatoms. The van der Waals surface area contributed by atoms with Crippen molar-refractivity contribution in [3.05, 3.63) is 11.8 Å². The number of carbonyl (C=O) groups is 1. The predicted octanol–water partition coefficient (Wildman–Crippen LogP) is 1.09. The van der Waals surface area contributed by atoms with Crippen molar-refractivity contribution in [1.82, 2.24) is 5.32 Å². The molecule has 0 spiro atoms. The van der Waals surface area contributed by atoms with Crippen LogP contribution < -0.4 is 5.32 Å². The van der Waals surface area contributed by atoms with E-state index in [1.165, 1.54) is 0 Å². The number of hydrogen-bond donors (Lipinski definition) is 1. The molecule has 0 bridgehead atoms. The molecular formula is C7H13NO. The van der Waals surface area contributed by atoms with E-state index in [9.17, 15) is 4.79 Å². The standard InChI is InChI=1S/C7H13NO/c1-4-8-6(2)5-7(3)9/h5,8H,4H2,1-3H3/b6-5+. The van der Waals surface area contributed by atoms with Crippen LogP contribution in [0, 0.1) is 0 Å². The average Bonchev–Trinajstić information content (AvgIpc) is 1.63. The van der Waals surface area contributed by atoms with Crippen LogP contribution >= 0.6 is 0 Å². The van der Waals surface area contributed by atoms with E-state index < -0.39 is 0 Å². The van der Waals surface area contributed by atoms with Gasteiger partial charge in [0.15, 0.2) is 5.78 Å². The third-order valence-electron chi connectivity index (χ3n) is 0.875. The molecule has 0 aromatic carbocycles. The molecule has 1 N–H and O–H groups in total. The molecular weight excluding hydrogens is 114 g/mol. The molecule has 0 fully saturated rings. The maximum atomic E-state index is 10.4. The van der Waals surface area contributed by atoms with E-state index in [2.05, 4.69) is 5.32 Å². The molecule has 0 atom stereocenters. The minimum Gasteiger partial charge on any atom is -0.389 e. The van der Waals surface area contributed by atoms with Crippen LogP contribution in [0.3, 0.4) is 0 Å². The van der Waals surface area contributed by atoms with Crippen molar-refractivity contribution in [3.63, 3.8) is 0 Å². The van der Waals surface area contributed by atoms with Crippen molar-refractivity contribution >= 4 is 5.78 Å². The Labute approximate surface area is 56.0 Å². The molecule has 0 aliphatic heterocycles. The van der Waals surface area contributed by atoms with Crippen LogP contribution in [0.5, 0.6) is 0 Å². The topological polar surface area (TPSA) is 29.1 Å². The maximum Gasteiger partial charge on any atom is 0.154 e. The van der Waals surface area contributed by atoms with Gasteiger partial charge in [0.05, 0.1) is 0 Å². The van der Waals surface area contributed by atoms with Crippen LogP contribution in [0.4, 0.5) is 0 Å². The van der Waals surface area contributed by atoms with E-state index in [1.54, 1.807) is 13.0 Å². The Balaban J connectivity index is 3.69. The average molecular weight is 127 g/mol. The lowest BCUT2D eigenvalue weighted by Crippen LogP contribution is -2.10. The largest absolute Gasteiger partial charge is 0.389 e. The molecule has 0 unspecified atom stereocenters. The Bertz CT molecular complexity index is 127. The van der Waals surface area contributed by atoms with Crippen LogP contribution in [0.2, 0.25) is 0 Å². The minimum absolute atomic E-state index is 0.0912. The zero-order chi connectivity index (χ0) is 7.28. The molecule has 0 aliphatic rings. The first-order valence-corrected chi connectivity index (χ1v) is 3.09. The second-order valence-electron chi connectivity index (χ2n) is 1.97. The predicted molar refractivity (Wildman–Crippen MR) is 38.1 cm³/mol. The lowest BCUT2D eigenvalue weighted by molar-refractivity contribution is -0.112. The lowest BCUT2D eigenvalue weighted by Gasteiger charge is -1.99. The summed E-state index contributed by atoms with van der Waals surface area (Å²) >= 11 is 0. The molecule has 0 aromatic heterocycles. The maximum absolute atomic E-state index is 10.4. The number of hydrogen-bond acceptors (Lipinski definition) is 2. The number of ketones is 1. The van der Waals surface area contributed by atoms with Gasteiger partial charge < -0.3 is 5.32 Å². The van der Waals surface area contributed by atoms with Gasteiger partial charge in [-0.2, -0.15) is 0 Å². The van der Waals surface area contributed by atoms with Gasteiger partial charge in [0.2, 0.25) is 0 Å². The first-order valence-electron chi connectivity index (χ1n) is 3.09. The van der Waals surface area contributed by atoms with Gasteiger partial charge in [-0.15, -0.1) is 0 Å². The third kappa shape index (κ3) is 5.07. The summed E-state index contributed by atoms with van der Waals surface area (Å²) in [6.07, 6.45) is 1.59. The van der Waals surface area contributed by atoms with E-state index in [4.69, 9.17) is 0 Å². The second-order valence-corrected chi connectivity index (χ2v) is 1.97. The summed E-state index contributed by atoms with van der Waals surface area (Å²) in [5.74, 6) is 0.0912. The van der Waals surface area contributed by atoms with Crippen LogP contribution in [-0.4, -0.2) is 12.3 Å². The molecule has 0 radical (unpaired) electrons. The van der Waals surface area contributed by atoms with Crippen LogP contribution in [0.25, 0.3) is 0 Å². The van der Waals surface area contributed by atoms with Crippen LogP contribution in [-0.2, 0) is 4.79 Å². The summed E-state index contributed by atoms with van der Waals surface area (Å²) in [6, 6.07) is 0. The SMILES string of the molecule is CCN/C(C)=C/C(C)=O. The summed E-state index contributed by atoms with van der Waals surface area (Å²) in [5, 5.41) is 3.02. The zero-order valence-electron chi connectivity index (χ0n) is 6.19. The molecule has 0 amide bonds. The molecule has 0 aliphatic carbocycles. The highest BCUT2D eigenvalue weighted by Gasteiger charge is 1.86. The normalized spacial score (nSPS) is 11.2. The monoisotopic (exact) mass is 127 g/mol. The van der Waals surface area contributed by atoms with Crippen LogP contribution in [0.1, 0.15) is 20.8 Å². The van der Waals surface area contributed by atoms with E-state index in [1.807, 2.05) is 13.8 Å². The Kier molecular flexibility index (Phi) is 3.76. The van der Waals surface area contributed by atoms with Gasteiger partial charge in [0.25, 0.3) is 0 Å². The molecule has 52 valence electrons. The van der Waals surface area contributed by atoms with Gasteiger partial charge in [0, 0.05) is 12.2 Å².